The average molecular weight is 494 g/mol. The lowest BCUT2D eigenvalue weighted by Crippen LogP contribution is -2.46. The van der Waals surface area contributed by atoms with Crippen LogP contribution in [0.15, 0.2) is 42.5 Å². The Morgan fingerprint density at radius 3 is 2.15 bits per heavy atom. The van der Waals surface area contributed by atoms with Gasteiger partial charge in [-0.15, -0.1) is 0 Å². The molecule has 0 saturated carbocycles. The Balaban J connectivity index is 2.16. The van der Waals surface area contributed by atoms with E-state index in [-0.39, 0.29) is 31.3 Å². The number of sulfonamides is 1. The molecule has 0 aromatic heterocycles. The maximum absolute atomic E-state index is 13.1. The average Bonchev–Trinajstić information content (AvgIpc) is 2.73. The molecule has 2 aromatic rings. The van der Waals surface area contributed by atoms with Gasteiger partial charge in [-0.25, -0.2) is 8.42 Å². The number of hydrogen-bond donors (Lipinski definition) is 1. The minimum atomic E-state index is -3.52. The minimum absolute atomic E-state index is 0.103. The first-order chi connectivity index (χ1) is 15.4. The van der Waals surface area contributed by atoms with Crippen LogP contribution in [0.1, 0.15) is 36.5 Å². The monoisotopic (exact) mass is 493 g/mol. The second kappa shape index (κ2) is 11.5. The fourth-order valence-corrected chi connectivity index (χ4v) is 4.75. The molecule has 7 nitrogen and oxygen atoms in total. The Bertz CT molecular complexity index is 1070. The summed E-state index contributed by atoms with van der Waals surface area (Å²) in [6.07, 6.45) is 1.58. The number of nitrogens with one attached hydrogen (secondary N) is 1. The number of anilines is 1. The van der Waals surface area contributed by atoms with Gasteiger partial charge in [0.25, 0.3) is 0 Å². The fraction of sp³-hybridized carbons (Fsp3) is 0.417. The van der Waals surface area contributed by atoms with Gasteiger partial charge in [-0.3, -0.25) is 13.9 Å². The molecule has 0 radical (unpaired) electrons. The zero-order valence-corrected chi connectivity index (χ0v) is 21.3. The number of halogens is 1. The highest BCUT2D eigenvalue weighted by atomic mass is 35.5. The standard InChI is InChI=1S/C24H32ClN3O4S/c1-17-13-18(2)15-22(14-17)28(33(5,31)32)12-6-7-23(29)27(19(3)24(30)26-4)16-20-8-10-21(25)11-9-20/h8-11,13-15,19H,6-7,12,16H2,1-5H3,(H,26,30)/t19-/m0/s1. The molecule has 180 valence electrons. The van der Waals surface area contributed by atoms with Crippen molar-refractivity contribution in [2.45, 2.75) is 46.2 Å². The van der Waals surface area contributed by atoms with Gasteiger partial charge >= 0.3 is 0 Å². The van der Waals surface area contributed by atoms with Gasteiger partial charge in [-0.05, 0) is 68.1 Å². The normalized spacial score (nSPS) is 12.2. The molecule has 0 bridgehead atoms. The molecule has 0 spiro atoms. The van der Waals surface area contributed by atoms with Crippen molar-refractivity contribution in [3.05, 3.63) is 64.2 Å². The second-order valence-corrected chi connectivity index (χ2v) is 10.6. The summed E-state index contributed by atoms with van der Waals surface area (Å²) in [4.78, 5) is 26.9. The van der Waals surface area contributed by atoms with Crippen molar-refractivity contribution >= 4 is 39.1 Å². The van der Waals surface area contributed by atoms with Crippen LogP contribution in [0.4, 0.5) is 5.69 Å². The summed E-state index contributed by atoms with van der Waals surface area (Å²) < 4.78 is 26.2. The third kappa shape index (κ3) is 7.75. The lowest BCUT2D eigenvalue weighted by atomic mass is 10.1. The Morgan fingerprint density at radius 1 is 1.06 bits per heavy atom. The van der Waals surface area contributed by atoms with Gasteiger partial charge < -0.3 is 10.2 Å². The largest absolute Gasteiger partial charge is 0.357 e. The molecule has 2 rings (SSSR count). The number of benzene rings is 2. The Hall–Kier alpha value is -2.58. The van der Waals surface area contributed by atoms with E-state index in [1.54, 1.807) is 19.1 Å². The van der Waals surface area contributed by atoms with Crippen LogP contribution < -0.4 is 9.62 Å². The molecule has 0 aliphatic rings. The number of rotatable bonds is 10. The fourth-order valence-electron chi connectivity index (χ4n) is 3.68. The highest BCUT2D eigenvalue weighted by Gasteiger charge is 2.26. The van der Waals surface area contributed by atoms with Crippen LogP contribution in [0.2, 0.25) is 5.02 Å². The van der Waals surface area contributed by atoms with Crippen molar-refractivity contribution < 1.29 is 18.0 Å². The lowest BCUT2D eigenvalue weighted by Gasteiger charge is -2.29. The minimum Gasteiger partial charge on any atom is -0.357 e. The van der Waals surface area contributed by atoms with E-state index in [1.165, 1.54) is 16.3 Å². The van der Waals surface area contributed by atoms with Gasteiger partial charge in [0.2, 0.25) is 21.8 Å². The maximum atomic E-state index is 13.1. The Kier molecular flexibility index (Phi) is 9.31. The van der Waals surface area contributed by atoms with Gasteiger partial charge in [0.15, 0.2) is 0 Å². The summed E-state index contributed by atoms with van der Waals surface area (Å²) >= 11 is 5.95. The first-order valence-electron chi connectivity index (χ1n) is 10.7. The summed E-state index contributed by atoms with van der Waals surface area (Å²) in [6.45, 7) is 5.91. The van der Waals surface area contributed by atoms with Crippen molar-refractivity contribution in [1.82, 2.24) is 10.2 Å². The molecule has 0 fully saturated rings. The number of nitrogens with zero attached hydrogens (tertiary/aromatic N) is 2. The van der Waals surface area contributed by atoms with Crippen LogP contribution in [0, 0.1) is 13.8 Å². The number of amides is 2. The first kappa shape index (κ1) is 26.7. The molecule has 2 aromatic carbocycles. The maximum Gasteiger partial charge on any atom is 0.242 e. The molecule has 1 atom stereocenters. The predicted octanol–water partition coefficient (Wildman–Crippen LogP) is 3.67. The molecular formula is C24H32ClN3O4S. The van der Waals surface area contributed by atoms with Crippen LogP contribution in [0.3, 0.4) is 0 Å². The Labute approximate surface area is 201 Å². The highest BCUT2D eigenvalue weighted by molar-refractivity contribution is 7.92. The Morgan fingerprint density at radius 2 is 1.64 bits per heavy atom. The van der Waals surface area contributed by atoms with Crippen molar-refractivity contribution in [3.8, 4) is 0 Å². The van der Waals surface area contributed by atoms with Crippen molar-refractivity contribution in [3.63, 3.8) is 0 Å². The van der Waals surface area contributed by atoms with E-state index < -0.39 is 16.1 Å². The van der Waals surface area contributed by atoms with E-state index in [4.69, 9.17) is 11.6 Å². The van der Waals surface area contributed by atoms with Crippen molar-refractivity contribution in [1.29, 1.82) is 0 Å². The van der Waals surface area contributed by atoms with Gasteiger partial charge in [0.1, 0.15) is 6.04 Å². The van der Waals surface area contributed by atoms with Crippen LogP contribution >= 0.6 is 11.6 Å². The molecule has 33 heavy (non-hydrogen) atoms. The predicted molar refractivity (Wildman–Crippen MR) is 133 cm³/mol. The topological polar surface area (TPSA) is 86.8 Å². The lowest BCUT2D eigenvalue weighted by molar-refractivity contribution is -0.140. The van der Waals surface area contributed by atoms with Gasteiger partial charge in [0.05, 0.1) is 11.9 Å². The van der Waals surface area contributed by atoms with Crippen molar-refractivity contribution in [2.75, 3.05) is 24.2 Å². The summed E-state index contributed by atoms with van der Waals surface area (Å²) in [7, 11) is -2.00. The molecule has 2 amide bonds. The van der Waals surface area contributed by atoms with Crippen LogP contribution in [-0.4, -0.2) is 51.0 Å². The molecular weight excluding hydrogens is 462 g/mol. The number of aryl methyl sites for hydroxylation is 2. The third-order valence-corrected chi connectivity index (χ3v) is 6.77. The summed E-state index contributed by atoms with van der Waals surface area (Å²) in [5.41, 5.74) is 3.35. The smallest absolute Gasteiger partial charge is 0.242 e. The second-order valence-electron chi connectivity index (χ2n) is 8.22. The van der Waals surface area contributed by atoms with E-state index in [0.29, 0.717) is 17.1 Å². The molecule has 0 aliphatic heterocycles. The van der Waals surface area contributed by atoms with E-state index in [9.17, 15) is 18.0 Å². The first-order valence-corrected chi connectivity index (χ1v) is 13.0. The quantitative estimate of drug-likeness (QED) is 0.547. The van der Waals surface area contributed by atoms with E-state index in [0.717, 1.165) is 22.9 Å². The van der Waals surface area contributed by atoms with Crippen LogP contribution in [0.25, 0.3) is 0 Å². The SMILES string of the molecule is CNC(=O)[C@H](C)N(Cc1ccc(Cl)cc1)C(=O)CCCN(c1cc(C)cc(C)c1)S(C)(=O)=O. The van der Waals surface area contributed by atoms with Crippen molar-refractivity contribution in [2.24, 2.45) is 0 Å². The summed E-state index contributed by atoms with van der Waals surface area (Å²) in [6, 6.07) is 12.0. The molecule has 0 heterocycles. The summed E-state index contributed by atoms with van der Waals surface area (Å²) in [5.74, 6) is -0.500. The number of carbonyl (C=O) groups is 2. The van der Waals surface area contributed by atoms with E-state index in [2.05, 4.69) is 5.32 Å². The van der Waals surface area contributed by atoms with Gasteiger partial charge in [0, 0.05) is 31.6 Å². The van der Waals surface area contributed by atoms with Crippen LogP contribution in [-0.2, 0) is 26.2 Å². The highest BCUT2D eigenvalue weighted by Crippen LogP contribution is 2.22. The molecule has 9 heteroatoms. The van der Waals surface area contributed by atoms with E-state index in [1.807, 2.05) is 44.2 Å². The zero-order chi connectivity index (χ0) is 24.8. The van der Waals surface area contributed by atoms with E-state index >= 15 is 0 Å². The van der Waals surface area contributed by atoms with Crippen LogP contribution in [0.5, 0.6) is 0 Å². The molecule has 0 saturated heterocycles. The summed E-state index contributed by atoms with van der Waals surface area (Å²) in [5, 5.41) is 3.17. The third-order valence-electron chi connectivity index (χ3n) is 5.33. The number of hydrogen-bond acceptors (Lipinski definition) is 4. The van der Waals surface area contributed by atoms with Gasteiger partial charge in [-0.2, -0.15) is 0 Å². The molecule has 0 aliphatic carbocycles. The number of likely N-dealkylation sites (N-methyl/N-ethyl adjacent to an activating group) is 1. The molecule has 0 unspecified atom stereocenters. The number of carbonyl (C=O) groups excluding carboxylic acids is 2. The molecule has 1 N–H and O–H groups in total. The zero-order valence-electron chi connectivity index (χ0n) is 19.8. The van der Waals surface area contributed by atoms with Gasteiger partial charge in [-0.1, -0.05) is 29.8 Å².